The summed E-state index contributed by atoms with van der Waals surface area (Å²) in [6, 6.07) is 12.0. The maximum absolute atomic E-state index is 12.5. The van der Waals surface area contributed by atoms with Gasteiger partial charge in [0.25, 0.3) is 11.8 Å². The number of hydrazone groups is 1. The van der Waals surface area contributed by atoms with E-state index in [1.165, 1.54) is 71.1 Å². The third-order valence-electron chi connectivity index (χ3n) is 5.28. The van der Waals surface area contributed by atoms with Gasteiger partial charge in [0.2, 0.25) is 5.75 Å². The Morgan fingerprint density at radius 1 is 0.825 bits per heavy atom. The molecule has 0 saturated heterocycles. The molecule has 2 amide bonds. The molecule has 0 aliphatic heterocycles. The molecule has 0 saturated carbocycles. The number of nitrogens with one attached hydrogen (secondary N) is 2. The third kappa shape index (κ3) is 7.55. The van der Waals surface area contributed by atoms with Gasteiger partial charge in [0.05, 0.1) is 51.8 Å². The molecule has 40 heavy (non-hydrogen) atoms. The van der Waals surface area contributed by atoms with Crippen LogP contribution in [0, 0.1) is 0 Å². The summed E-state index contributed by atoms with van der Waals surface area (Å²) in [6.45, 7) is -0.349. The minimum absolute atomic E-state index is 0.138. The van der Waals surface area contributed by atoms with Gasteiger partial charge in [-0.25, -0.2) is 10.2 Å². The quantitative estimate of drug-likeness (QED) is 0.148. The fourth-order valence-corrected chi connectivity index (χ4v) is 3.84. The number of hydrogen-bond donors (Lipinski definition) is 2. The van der Waals surface area contributed by atoms with Crippen molar-refractivity contribution in [2.75, 3.05) is 35.0 Å². The highest BCUT2D eigenvalue weighted by Gasteiger charge is 2.18. The van der Waals surface area contributed by atoms with Crippen molar-refractivity contribution in [1.82, 2.24) is 10.7 Å². The summed E-state index contributed by atoms with van der Waals surface area (Å²) in [5.41, 5.74) is 3.19. The molecule has 0 atom stereocenters. The van der Waals surface area contributed by atoms with Crippen LogP contribution in [0.25, 0.3) is 0 Å². The molecule has 0 heterocycles. The van der Waals surface area contributed by atoms with Gasteiger partial charge < -0.3 is 29.0 Å². The zero-order valence-corrected chi connectivity index (χ0v) is 23.4. The topological polar surface area (TPSA) is 134 Å². The molecule has 3 rings (SSSR count). The number of amides is 2. The number of esters is 1. The first-order valence-corrected chi connectivity index (χ1v) is 12.2. The zero-order valence-electron chi connectivity index (χ0n) is 21.9. The lowest BCUT2D eigenvalue weighted by Gasteiger charge is -2.14. The molecule has 11 nitrogen and oxygen atoms in total. The van der Waals surface area contributed by atoms with Gasteiger partial charge in [-0.2, -0.15) is 5.10 Å². The lowest BCUT2D eigenvalue weighted by Crippen LogP contribution is -2.34. The summed E-state index contributed by atoms with van der Waals surface area (Å²) in [7, 11) is 5.71. The number of rotatable bonds is 11. The number of benzene rings is 3. The summed E-state index contributed by atoms with van der Waals surface area (Å²) >= 11 is 11.9. The molecule has 0 radical (unpaired) electrons. The normalized spacial score (nSPS) is 10.6. The first-order valence-electron chi connectivity index (χ1n) is 11.5. The molecule has 2 N–H and O–H groups in total. The summed E-state index contributed by atoms with van der Waals surface area (Å²) < 4.78 is 26.4. The largest absolute Gasteiger partial charge is 0.493 e. The lowest BCUT2D eigenvalue weighted by atomic mass is 10.1. The average molecular weight is 590 g/mol. The van der Waals surface area contributed by atoms with Crippen LogP contribution in [-0.2, 0) is 4.79 Å². The van der Waals surface area contributed by atoms with Gasteiger partial charge in [-0.05, 0) is 54.1 Å². The molecule has 0 spiro atoms. The molecule has 0 bridgehead atoms. The Labute approximate surface area is 239 Å². The molecular formula is C27H25Cl2N3O8. The van der Waals surface area contributed by atoms with Crippen LogP contribution >= 0.6 is 23.2 Å². The highest BCUT2D eigenvalue weighted by molar-refractivity contribution is 6.36. The maximum atomic E-state index is 12.5. The summed E-state index contributed by atoms with van der Waals surface area (Å²) in [6.07, 6.45) is 1.35. The first-order chi connectivity index (χ1) is 19.2. The Morgan fingerprint density at radius 3 is 2.10 bits per heavy atom. The number of ether oxygens (including phenoxy) is 5. The molecular weight excluding hydrogens is 565 g/mol. The van der Waals surface area contributed by atoms with E-state index in [9.17, 15) is 14.4 Å². The van der Waals surface area contributed by atoms with Crippen molar-refractivity contribution < 1.29 is 38.1 Å². The second kappa shape index (κ2) is 14.1. The van der Waals surface area contributed by atoms with Crippen molar-refractivity contribution in [2.45, 2.75) is 0 Å². The molecule has 0 aliphatic rings. The Morgan fingerprint density at radius 2 is 1.50 bits per heavy atom. The number of nitrogens with zero attached hydrogens (tertiary/aromatic N) is 1. The Hall–Kier alpha value is -4.48. The molecule has 0 aromatic heterocycles. The predicted molar refractivity (Wildman–Crippen MR) is 149 cm³/mol. The molecule has 0 fully saturated rings. The number of carbonyl (C=O) groups is 3. The zero-order chi connectivity index (χ0) is 29.2. The van der Waals surface area contributed by atoms with Gasteiger partial charge in [0.1, 0.15) is 0 Å². The van der Waals surface area contributed by atoms with Crippen molar-refractivity contribution in [3.63, 3.8) is 0 Å². The van der Waals surface area contributed by atoms with Crippen LogP contribution < -0.4 is 34.4 Å². The van der Waals surface area contributed by atoms with Gasteiger partial charge in [0.15, 0.2) is 23.0 Å². The van der Waals surface area contributed by atoms with Crippen molar-refractivity contribution in [1.29, 1.82) is 0 Å². The van der Waals surface area contributed by atoms with E-state index in [0.29, 0.717) is 27.8 Å². The van der Waals surface area contributed by atoms with Crippen molar-refractivity contribution in [3.05, 3.63) is 75.3 Å². The second-order valence-corrected chi connectivity index (χ2v) is 8.66. The van der Waals surface area contributed by atoms with Crippen molar-refractivity contribution >= 4 is 47.2 Å². The van der Waals surface area contributed by atoms with Crippen LogP contribution in [0.5, 0.6) is 28.7 Å². The summed E-state index contributed by atoms with van der Waals surface area (Å²) in [4.78, 5) is 37.2. The van der Waals surface area contributed by atoms with Crippen LogP contribution in [0.2, 0.25) is 10.0 Å². The monoisotopic (exact) mass is 589 g/mol. The van der Waals surface area contributed by atoms with Gasteiger partial charge in [-0.15, -0.1) is 0 Å². The van der Waals surface area contributed by atoms with E-state index in [0.717, 1.165) is 0 Å². The smallest absolute Gasteiger partial charge is 0.345 e. The van der Waals surface area contributed by atoms with Gasteiger partial charge in [-0.3, -0.25) is 9.59 Å². The lowest BCUT2D eigenvalue weighted by molar-refractivity contribution is -0.120. The minimum atomic E-state index is -0.692. The van der Waals surface area contributed by atoms with Crippen molar-refractivity contribution in [3.8, 4) is 28.7 Å². The summed E-state index contributed by atoms with van der Waals surface area (Å²) in [5, 5.41) is 6.90. The fraction of sp³-hybridized carbons (Fsp3) is 0.185. The molecule has 0 aliphatic carbocycles. The minimum Gasteiger partial charge on any atom is -0.493 e. The maximum Gasteiger partial charge on any atom is 0.345 e. The molecule has 13 heteroatoms. The summed E-state index contributed by atoms with van der Waals surface area (Å²) in [5.74, 6) is -0.482. The predicted octanol–water partition coefficient (Wildman–Crippen LogP) is 4.13. The molecule has 3 aromatic rings. The van der Waals surface area contributed by atoms with E-state index in [4.69, 9.17) is 46.9 Å². The van der Waals surface area contributed by atoms with Crippen LogP contribution in [0.15, 0.2) is 53.6 Å². The Balaban J connectivity index is 1.58. The van der Waals surface area contributed by atoms with Gasteiger partial charge in [-0.1, -0.05) is 23.2 Å². The van der Waals surface area contributed by atoms with Gasteiger partial charge >= 0.3 is 5.97 Å². The SMILES string of the molecule is COc1cc(/C=N/NC(=O)CNC(=O)c2cc(OC)c(OC)c(OC)c2)ccc1OC(=O)c1ccc(Cl)cc1Cl. The van der Waals surface area contributed by atoms with Gasteiger partial charge in [0, 0.05) is 10.6 Å². The van der Waals surface area contributed by atoms with E-state index in [-0.39, 0.29) is 34.2 Å². The molecule has 0 unspecified atom stereocenters. The van der Waals surface area contributed by atoms with E-state index in [1.54, 1.807) is 12.1 Å². The van der Waals surface area contributed by atoms with E-state index in [2.05, 4.69) is 15.8 Å². The number of carbonyl (C=O) groups excluding carboxylic acids is 3. The number of hydrogen-bond acceptors (Lipinski definition) is 9. The van der Waals surface area contributed by atoms with E-state index >= 15 is 0 Å². The first kappa shape index (κ1) is 30.1. The number of halogens is 2. The second-order valence-electron chi connectivity index (χ2n) is 7.81. The third-order valence-corrected chi connectivity index (χ3v) is 5.83. The average Bonchev–Trinajstić information content (AvgIpc) is 2.95. The molecule has 3 aromatic carbocycles. The number of methoxy groups -OCH3 is 4. The Kier molecular flexibility index (Phi) is 10.6. The van der Waals surface area contributed by atoms with E-state index in [1.807, 2.05) is 0 Å². The Bertz CT molecular complexity index is 1420. The van der Waals surface area contributed by atoms with Crippen LogP contribution in [0.1, 0.15) is 26.3 Å². The van der Waals surface area contributed by atoms with Crippen molar-refractivity contribution in [2.24, 2.45) is 5.10 Å². The van der Waals surface area contributed by atoms with E-state index < -0.39 is 17.8 Å². The molecule has 210 valence electrons. The van der Waals surface area contributed by atoms with Crippen LogP contribution in [0.3, 0.4) is 0 Å². The van der Waals surface area contributed by atoms with Crippen LogP contribution in [0.4, 0.5) is 0 Å². The standard InChI is InChI=1S/C27H25Cl2N3O8/c1-36-21-9-15(5-8-20(21)40-27(35)18-7-6-17(28)12-19(18)29)13-31-32-24(33)14-30-26(34)16-10-22(37-2)25(39-4)23(11-16)38-3/h5-13H,14H2,1-4H3,(H,30,34)(H,32,33)/b31-13+. The van der Waals surface area contributed by atoms with Crippen LogP contribution in [-0.4, -0.2) is 59.0 Å². The highest BCUT2D eigenvalue weighted by Crippen LogP contribution is 2.38. The fourth-order valence-electron chi connectivity index (χ4n) is 3.35. The highest BCUT2D eigenvalue weighted by atomic mass is 35.5.